The average Bonchev–Trinajstić information content (AvgIpc) is 3.06. The zero-order valence-corrected chi connectivity index (χ0v) is 12.6. The van der Waals surface area contributed by atoms with Crippen molar-refractivity contribution in [3.8, 4) is 0 Å². The van der Waals surface area contributed by atoms with Crippen molar-refractivity contribution in [3.63, 3.8) is 0 Å². The number of anilines is 1. The van der Waals surface area contributed by atoms with Crippen LogP contribution in [-0.2, 0) is 13.0 Å². The molecule has 1 N–H and O–H groups in total. The normalized spacial score (nSPS) is 11.1. The highest BCUT2D eigenvalue weighted by molar-refractivity contribution is 7.18. The van der Waals surface area contributed by atoms with E-state index in [0.717, 1.165) is 35.5 Å². The number of thiophene rings is 1. The minimum Gasteiger partial charge on any atom is -0.368 e. The van der Waals surface area contributed by atoms with Crippen LogP contribution < -0.4 is 5.32 Å². The molecule has 3 heterocycles. The molecule has 3 aromatic heterocycles. The maximum Gasteiger partial charge on any atom is 0.225 e. The van der Waals surface area contributed by atoms with Crippen molar-refractivity contribution in [2.45, 2.75) is 19.9 Å². The van der Waals surface area contributed by atoms with Gasteiger partial charge in [0.05, 0.1) is 11.7 Å². The number of hydrogen-bond acceptors (Lipinski definition) is 5. The molecule has 104 valence electrons. The lowest BCUT2D eigenvalue weighted by Gasteiger charge is -2.07. The summed E-state index contributed by atoms with van der Waals surface area (Å²) in [5.41, 5.74) is 0. The number of halogens is 1. The lowest BCUT2D eigenvalue weighted by Crippen LogP contribution is -2.10. The Labute approximate surface area is 125 Å². The highest BCUT2D eigenvalue weighted by Gasteiger charge is 2.10. The molecule has 5 nitrogen and oxygen atoms in total. The van der Waals surface area contributed by atoms with Crippen LogP contribution in [0.2, 0.25) is 5.28 Å². The first kappa shape index (κ1) is 13.3. The van der Waals surface area contributed by atoms with Gasteiger partial charge in [-0.25, -0.2) is 15.0 Å². The molecule has 0 aliphatic heterocycles. The van der Waals surface area contributed by atoms with Gasteiger partial charge in [0, 0.05) is 30.4 Å². The number of rotatable bonds is 5. The number of aromatic nitrogens is 4. The topological polar surface area (TPSA) is 55.6 Å². The molecule has 7 heteroatoms. The largest absolute Gasteiger partial charge is 0.368 e. The Morgan fingerprint density at radius 2 is 2.30 bits per heavy atom. The van der Waals surface area contributed by atoms with E-state index in [-0.39, 0.29) is 5.28 Å². The third-order valence-corrected chi connectivity index (χ3v) is 4.33. The highest BCUT2D eigenvalue weighted by atomic mass is 35.5. The Morgan fingerprint density at radius 3 is 3.05 bits per heavy atom. The van der Waals surface area contributed by atoms with Gasteiger partial charge in [0.1, 0.15) is 10.6 Å². The molecule has 0 unspecified atom stereocenters. The molecule has 20 heavy (non-hydrogen) atoms. The summed E-state index contributed by atoms with van der Waals surface area (Å²) in [4.78, 5) is 14.8. The van der Waals surface area contributed by atoms with E-state index >= 15 is 0 Å². The van der Waals surface area contributed by atoms with Gasteiger partial charge in [-0.3, -0.25) is 0 Å². The summed E-state index contributed by atoms with van der Waals surface area (Å²) in [5, 5.41) is 4.65. The number of nitrogens with zero attached hydrogens (tertiary/aromatic N) is 4. The molecule has 0 bridgehead atoms. The molecule has 0 saturated carbocycles. The number of aryl methyl sites for hydroxylation is 1. The maximum absolute atomic E-state index is 5.98. The van der Waals surface area contributed by atoms with E-state index in [1.807, 2.05) is 10.8 Å². The summed E-state index contributed by atoms with van der Waals surface area (Å²) in [6, 6.07) is 2.13. The monoisotopic (exact) mass is 307 g/mol. The molecule has 0 atom stereocenters. The van der Waals surface area contributed by atoms with Crippen molar-refractivity contribution in [3.05, 3.63) is 34.9 Å². The van der Waals surface area contributed by atoms with Crippen LogP contribution in [0.4, 0.5) is 5.82 Å². The Balaban J connectivity index is 1.80. The van der Waals surface area contributed by atoms with E-state index in [4.69, 9.17) is 11.6 Å². The zero-order chi connectivity index (χ0) is 13.9. The van der Waals surface area contributed by atoms with Gasteiger partial charge >= 0.3 is 0 Å². The molecule has 0 spiro atoms. The molecule has 3 rings (SSSR count). The summed E-state index contributed by atoms with van der Waals surface area (Å²) < 4.78 is 2.01. The molecule has 0 radical (unpaired) electrons. The second-order valence-electron chi connectivity index (χ2n) is 4.35. The van der Waals surface area contributed by atoms with E-state index in [1.54, 1.807) is 23.9 Å². The van der Waals surface area contributed by atoms with Gasteiger partial charge in [0.25, 0.3) is 0 Å². The van der Waals surface area contributed by atoms with E-state index in [9.17, 15) is 0 Å². The first-order valence-electron chi connectivity index (χ1n) is 6.42. The van der Waals surface area contributed by atoms with E-state index < -0.39 is 0 Å². The average molecular weight is 308 g/mol. The molecule has 0 aliphatic carbocycles. The molecule has 0 aromatic carbocycles. The van der Waals surface area contributed by atoms with Gasteiger partial charge in [-0.05, 0) is 24.1 Å². The summed E-state index contributed by atoms with van der Waals surface area (Å²) >= 11 is 7.65. The smallest absolute Gasteiger partial charge is 0.225 e. The number of hydrogen-bond donors (Lipinski definition) is 1. The van der Waals surface area contributed by atoms with Crippen LogP contribution in [0.5, 0.6) is 0 Å². The summed E-state index contributed by atoms with van der Waals surface area (Å²) in [6.45, 7) is 3.72. The second kappa shape index (κ2) is 5.76. The SMILES string of the molecule is CCc1cc2c(NCCn3ccnc3)nc(Cl)nc2s1. The Hall–Kier alpha value is -1.66. The van der Waals surface area contributed by atoms with Crippen LogP contribution in [0, 0.1) is 0 Å². The van der Waals surface area contributed by atoms with Crippen LogP contribution in [0.15, 0.2) is 24.8 Å². The van der Waals surface area contributed by atoms with Gasteiger partial charge in [-0.15, -0.1) is 11.3 Å². The predicted octanol–water partition coefficient (Wildman–Crippen LogP) is 3.22. The Kier molecular flexibility index (Phi) is 3.84. The van der Waals surface area contributed by atoms with Crippen LogP contribution in [0.25, 0.3) is 10.2 Å². The van der Waals surface area contributed by atoms with Gasteiger partial charge in [0.15, 0.2) is 0 Å². The second-order valence-corrected chi connectivity index (χ2v) is 5.81. The zero-order valence-electron chi connectivity index (χ0n) is 11.0. The predicted molar refractivity (Wildman–Crippen MR) is 82.5 cm³/mol. The van der Waals surface area contributed by atoms with Crippen LogP contribution in [0.1, 0.15) is 11.8 Å². The fourth-order valence-corrected chi connectivity index (χ4v) is 3.16. The summed E-state index contributed by atoms with van der Waals surface area (Å²) in [6.07, 6.45) is 6.49. The molecular weight excluding hydrogens is 294 g/mol. The number of nitrogens with one attached hydrogen (secondary N) is 1. The Morgan fingerprint density at radius 1 is 1.40 bits per heavy atom. The van der Waals surface area contributed by atoms with Crippen LogP contribution in [-0.4, -0.2) is 26.1 Å². The molecule has 0 fully saturated rings. The lowest BCUT2D eigenvalue weighted by atomic mass is 10.3. The van der Waals surface area contributed by atoms with Gasteiger partial charge in [0.2, 0.25) is 5.28 Å². The molecule has 3 aromatic rings. The Bertz CT molecular complexity index is 707. The molecular formula is C13H14ClN5S. The maximum atomic E-state index is 5.98. The van der Waals surface area contributed by atoms with Crippen molar-refractivity contribution < 1.29 is 0 Å². The van der Waals surface area contributed by atoms with E-state index in [0.29, 0.717) is 0 Å². The van der Waals surface area contributed by atoms with Gasteiger partial charge in [-0.1, -0.05) is 6.92 Å². The fourth-order valence-electron chi connectivity index (χ4n) is 1.98. The summed E-state index contributed by atoms with van der Waals surface area (Å²) in [5.74, 6) is 0.802. The first-order chi connectivity index (χ1) is 9.76. The van der Waals surface area contributed by atoms with Crippen molar-refractivity contribution in [1.82, 2.24) is 19.5 Å². The standard InChI is InChI=1S/C13H14ClN5S/c1-2-9-7-10-11(17-13(14)18-12(10)20-9)16-4-6-19-5-3-15-8-19/h3,5,7-8H,2,4,6H2,1H3,(H,16,17,18). The van der Waals surface area contributed by atoms with E-state index in [1.165, 1.54) is 4.88 Å². The third kappa shape index (κ3) is 2.76. The third-order valence-electron chi connectivity index (χ3n) is 2.99. The fraction of sp³-hybridized carbons (Fsp3) is 0.308. The lowest BCUT2D eigenvalue weighted by molar-refractivity contribution is 0.726. The molecule has 0 aliphatic rings. The van der Waals surface area contributed by atoms with Crippen LogP contribution >= 0.6 is 22.9 Å². The van der Waals surface area contributed by atoms with Crippen molar-refractivity contribution in [2.75, 3.05) is 11.9 Å². The molecule has 0 saturated heterocycles. The highest BCUT2D eigenvalue weighted by Crippen LogP contribution is 2.30. The quantitative estimate of drug-likeness (QED) is 0.735. The van der Waals surface area contributed by atoms with E-state index in [2.05, 4.69) is 33.3 Å². The van der Waals surface area contributed by atoms with Gasteiger partial charge in [-0.2, -0.15) is 0 Å². The van der Waals surface area contributed by atoms with Crippen molar-refractivity contribution >= 4 is 39.0 Å². The van der Waals surface area contributed by atoms with Crippen molar-refractivity contribution in [2.24, 2.45) is 0 Å². The van der Waals surface area contributed by atoms with Crippen LogP contribution in [0.3, 0.4) is 0 Å². The number of fused-ring (bicyclic) bond motifs is 1. The number of imidazole rings is 1. The van der Waals surface area contributed by atoms with Gasteiger partial charge < -0.3 is 9.88 Å². The minimum atomic E-state index is 0.284. The summed E-state index contributed by atoms with van der Waals surface area (Å²) in [7, 11) is 0. The van der Waals surface area contributed by atoms with Crippen molar-refractivity contribution in [1.29, 1.82) is 0 Å². The minimum absolute atomic E-state index is 0.284. The molecule has 0 amide bonds. The first-order valence-corrected chi connectivity index (χ1v) is 7.61.